The van der Waals surface area contributed by atoms with Crippen LogP contribution in [0.4, 0.5) is 4.39 Å². The third kappa shape index (κ3) is 16.4. The number of carbonyl (C=O) groups excluding carboxylic acids is 1. The molecule has 5 nitrogen and oxygen atoms in total. The fraction of sp³-hybridized carbons (Fsp3) is 0.955. The van der Waals surface area contributed by atoms with Crippen LogP contribution in [-0.2, 0) is 23.7 Å². The Morgan fingerprint density at radius 3 is 1.82 bits per heavy atom. The van der Waals surface area contributed by atoms with Gasteiger partial charge in [0, 0.05) is 18.4 Å². The molecule has 0 amide bonds. The number of hydrogen-bond acceptors (Lipinski definition) is 5. The molecule has 0 aliphatic heterocycles. The number of ether oxygens (including phenoxy) is 4. The minimum Gasteiger partial charge on any atom is -0.379 e. The first-order valence-electron chi connectivity index (χ1n) is 10.7. The smallest absolute Gasteiger partial charge is 0.138 e. The Morgan fingerprint density at radius 2 is 1.32 bits per heavy atom. The average molecular weight is 407 g/mol. The van der Waals surface area contributed by atoms with E-state index in [2.05, 4.69) is 13.8 Å². The van der Waals surface area contributed by atoms with Crippen LogP contribution in [0.5, 0.6) is 0 Å². The zero-order chi connectivity index (χ0) is 21.4. The number of ketones is 1. The van der Waals surface area contributed by atoms with Crippen LogP contribution in [-0.4, -0.2) is 64.3 Å². The van der Waals surface area contributed by atoms with Gasteiger partial charge in [0.25, 0.3) is 0 Å². The lowest BCUT2D eigenvalue weighted by molar-refractivity contribution is -0.127. The number of Topliss-reactive ketones (excluding diaryl/α,β-unsaturated/α-hetero) is 1. The van der Waals surface area contributed by atoms with E-state index in [1.165, 1.54) is 6.42 Å². The Bertz CT molecular complexity index is 382. The molecule has 0 saturated carbocycles. The third-order valence-electron chi connectivity index (χ3n) is 4.42. The van der Waals surface area contributed by atoms with Gasteiger partial charge in [-0.2, -0.15) is 0 Å². The van der Waals surface area contributed by atoms with Crippen molar-refractivity contribution in [3.8, 4) is 0 Å². The number of halogens is 1. The predicted octanol–water partition coefficient (Wildman–Crippen LogP) is 4.61. The molecule has 168 valence electrons. The Hall–Kier alpha value is -0.560. The van der Waals surface area contributed by atoms with Crippen LogP contribution < -0.4 is 0 Å². The van der Waals surface area contributed by atoms with E-state index in [9.17, 15) is 9.18 Å². The molecule has 0 aromatic heterocycles. The van der Waals surface area contributed by atoms with E-state index in [1.54, 1.807) is 6.92 Å². The van der Waals surface area contributed by atoms with Crippen LogP contribution in [0.15, 0.2) is 0 Å². The van der Waals surface area contributed by atoms with E-state index in [1.807, 2.05) is 20.8 Å². The molecule has 0 N–H and O–H groups in total. The number of rotatable bonds is 18. The summed E-state index contributed by atoms with van der Waals surface area (Å²) in [6.45, 7) is 15.3. The van der Waals surface area contributed by atoms with Crippen molar-refractivity contribution < 1.29 is 28.1 Å². The van der Waals surface area contributed by atoms with Gasteiger partial charge in [-0.15, -0.1) is 0 Å². The highest BCUT2D eigenvalue weighted by atomic mass is 19.1. The first-order valence-corrected chi connectivity index (χ1v) is 10.7. The molecule has 0 aliphatic carbocycles. The van der Waals surface area contributed by atoms with Gasteiger partial charge in [-0.25, -0.2) is 4.39 Å². The van der Waals surface area contributed by atoms with E-state index in [4.69, 9.17) is 18.9 Å². The van der Waals surface area contributed by atoms with Crippen LogP contribution in [0, 0.1) is 11.3 Å². The molecule has 28 heavy (non-hydrogen) atoms. The summed E-state index contributed by atoms with van der Waals surface area (Å²) in [7, 11) is 0. The lowest BCUT2D eigenvalue weighted by Crippen LogP contribution is -2.27. The SMILES string of the molecule is CC(C)CCCOCCOCCOCCOC(C)C(F)CCC(=O)C(C)(C)C. The summed E-state index contributed by atoms with van der Waals surface area (Å²) < 4.78 is 35.8. The quantitative estimate of drug-likeness (QED) is 0.311. The summed E-state index contributed by atoms with van der Waals surface area (Å²) >= 11 is 0. The molecule has 2 unspecified atom stereocenters. The first-order chi connectivity index (χ1) is 13.1. The molecule has 0 bridgehead atoms. The second kappa shape index (κ2) is 16.3. The van der Waals surface area contributed by atoms with Crippen LogP contribution >= 0.6 is 0 Å². The van der Waals surface area contributed by atoms with Gasteiger partial charge in [0.05, 0.1) is 45.7 Å². The molecule has 6 heteroatoms. The molecule has 2 atom stereocenters. The standard InChI is InChI=1S/C22H43FO5/c1-18(2)8-7-11-25-12-13-26-14-15-27-16-17-28-19(3)20(23)9-10-21(24)22(4,5)6/h18-20H,7-17H2,1-6H3. The van der Waals surface area contributed by atoms with Crippen molar-refractivity contribution in [2.75, 3.05) is 46.2 Å². The van der Waals surface area contributed by atoms with Gasteiger partial charge in [-0.05, 0) is 32.1 Å². The van der Waals surface area contributed by atoms with Crippen molar-refractivity contribution >= 4 is 5.78 Å². The summed E-state index contributed by atoms with van der Waals surface area (Å²) in [6.07, 6.45) is 1.04. The highest BCUT2D eigenvalue weighted by Gasteiger charge is 2.24. The maximum atomic E-state index is 14.1. The van der Waals surface area contributed by atoms with Gasteiger partial charge in [-0.3, -0.25) is 4.79 Å². The predicted molar refractivity (Wildman–Crippen MR) is 111 cm³/mol. The van der Waals surface area contributed by atoms with Crippen LogP contribution in [0.1, 0.15) is 67.2 Å². The Balaban J connectivity index is 3.44. The molecule has 0 rings (SSSR count). The van der Waals surface area contributed by atoms with E-state index in [0.717, 1.165) is 18.9 Å². The van der Waals surface area contributed by atoms with Crippen molar-refractivity contribution in [3.05, 3.63) is 0 Å². The summed E-state index contributed by atoms with van der Waals surface area (Å²) in [5, 5.41) is 0. The van der Waals surface area contributed by atoms with Gasteiger partial charge >= 0.3 is 0 Å². The maximum Gasteiger partial charge on any atom is 0.138 e. The Kier molecular flexibility index (Phi) is 15.9. The van der Waals surface area contributed by atoms with Gasteiger partial charge < -0.3 is 18.9 Å². The van der Waals surface area contributed by atoms with Gasteiger partial charge in [0.2, 0.25) is 0 Å². The zero-order valence-electron chi connectivity index (χ0n) is 18.9. The highest BCUT2D eigenvalue weighted by Crippen LogP contribution is 2.20. The highest BCUT2D eigenvalue weighted by molar-refractivity contribution is 5.83. The second-order valence-electron chi connectivity index (χ2n) is 8.68. The fourth-order valence-corrected chi connectivity index (χ4v) is 2.41. The largest absolute Gasteiger partial charge is 0.379 e. The summed E-state index contributed by atoms with van der Waals surface area (Å²) in [5.41, 5.74) is -0.417. The van der Waals surface area contributed by atoms with E-state index >= 15 is 0 Å². The van der Waals surface area contributed by atoms with Crippen LogP contribution in [0.3, 0.4) is 0 Å². The molecule has 0 aromatic rings. The van der Waals surface area contributed by atoms with Crippen LogP contribution in [0.25, 0.3) is 0 Å². The fourth-order valence-electron chi connectivity index (χ4n) is 2.41. The number of alkyl halides is 1. The molecule has 0 fully saturated rings. The van der Waals surface area contributed by atoms with Gasteiger partial charge in [0.1, 0.15) is 12.0 Å². The minimum atomic E-state index is -1.14. The molecular formula is C22H43FO5. The van der Waals surface area contributed by atoms with Crippen molar-refractivity contribution in [3.63, 3.8) is 0 Å². The molecule has 0 aromatic carbocycles. The molecule has 0 heterocycles. The lowest BCUT2D eigenvalue weighted by Gasteiger charge is -2.20. The molecule has 0 radical (unpaired) electrons. The van der Waals surface area contributed by atoms with Gasteiger partial charge in [-0.1, -0.05) is 34.6 Å². The van der Waals surface area contributed by atoms with E-state index in [-0.39, 0.29) is 18.6 Å². The zero-order valence-corrected chi connectivity index (χ0v) is 18.9. The summed E-state index contributed by atoms with van der Waals surface area (Å²) in [5.74, 6) is 0.795. The summed E-state index contributed by atoms with van der Waals surface area (Å²) in [4.78, 5) is 11.8. The van der Waals surface area contributed by atoms with E-state index < -0.39 is 17.7 Å². The third-order valence-corrected chi connectivity index (χ3v) is 4.42. The topological polar surface area (TPSA) is 54.0 Å². The van der Waals surface area contributed by atoms with Crippen LogP contribution in [0.2, 0.25) is 0 Å². The van der Waals surface area contributed by atoms with Crippen molar-refractivity contribution in [2.45, 2.75) is 79.5 Å². The minimum absolute atomic E-state index is 0.0756. The molecule has 0 spiro atoms. The number of hydrogen-bond donors (Lipinski definition) is 0. The average Bonchev–Trinajstić information content (AvgIpc) is 2.61. The van der Waals surface area contributed by atoms with Crippen molar-refractivity contribution in [1.82, 2.24) is 0 Å². The molecular weight excluding hydrogens is 363 g/mol. The lowest BCUT2D eigenvalue weighted by atomic mass is 9.87. The maximum absolute atomic E-state index is 14.1. The Morgan fingerprint density at radius 1 is 0.821 bits per heavy atom. The van der Waals surface area contributed by atoms with Crippen molar-refractivity contribution in [2.24, 2.45) is 11.3 Å². The second-order valence-corrected chi connectivity index (χ2v) is 8.68. The Labute approximate surface area is 171 Å². The summed E-state index contributed by atoms with van der Waals surface area (Å²) in [6, 6.07) is 0. The molecule has 0 saturated heterocycles. The normalized spacial score (nSPS) is 14.4. The van der Waals surface area contributed by atoms with E-state index in [0.29, 0.717) is 39.6 Å². The monoisotopic (exact) mass is 406 g/mol. The van der Waals surface area contributed by atoms with Gasteiger partial charge in [0.15, 0.2) is 0 Å². The first kappa shape index (κ1) is 27.4. The van der Waals surface area contributed by atoms with Crippen molar-refractivity contribution in [1.29, 1.82) is 0 Å². The number of carbonyl (C=O) groups is 1. The molecule has 0 aliphatic rings.